The summed E-state index contributed by atoms with van der Waals surface area (Å²) in [5, 5.41) is 9.21. The number of methoxy groups -OCH3 is 1. The van der Waals surface area contributed by atoms with Gasteiger partial charge in [-0.2, -0.15) is 0 Å². The second-order valence-electron chi connectivity index (χ2n) is 4.88. The average molecular weight is 356 g/mol. The van der Waals surface area contributed by atoms with Crippen molar-refractivity contribution < 1.29 is 9.53 Å². The van der Waals surface area contributed by atoms with Crippen LogP contribution in [-0.2, 0) is 9.53 Å². The first-order valence-electron chi connectivity index (χ1n) is 6.61. The highest BCUT2D eigenvalue weighted by Crippen LogP contribution is 2.41. The van der Waals surface area contributed by atoms with Crippen LogP contribution in [0.3, 0.4) is 0 Å². The van der Waals surface area contributed by atoms with Crippen molar-refractivity contribution in [2.75, 3.05) is 26.8 Å². The van der Waals surface area contributed by atoms with Crippen molar-refractivity contribution in [1.82, 2.24) is 15.6 Å². The number of hydrogen-bond donors (Lipinski definition) is 2. The molecule has 1 amide bonds. The van der Waals surface area contributed by atoms with E-state index >= 15 is 0 Å². The van der Waals surface area contributed by atoms with Gasteiger partial charge in [-0.25, -0.2) is 4.98 Å². The van der Waals surface area contributed by atoms with Crippen LogP contribution < -0.4 is 10.6 Å². The maximum atomic E-state index is 11.9. The Bertz CT molecular complexity index is 427. The van der Waals surface area contributed by atoms with Gasteiger partial charge in [0, 0.05) is 24.7 Å². The molecule has 2 N–H and O–H groups in total. The Balaban J connectivity index is 0.00000200. The molecule has 1 aliphatic rings. The van der Waals surface area contributed by atoms with E-state index in [4.69, 9.17) is 4.74 Å². The van der Waals surface area contributed by atoms with E-state index in [2.05, 4.69) is 15.6 Å². The summed E-state index contributed by atoms with van der Waals surface area (Å²) in [6.45, 7) is 3.62. The second kappa shape index (κ2) is 10.3. The zero-order valence-corrected chi connectivity index (χ0v) is 14.7. The molecule has 0 bridgehead atoms. The van der Waals surface area contributed by atoms with Crippen molar-refractivity contribution in [1.29, 1.82) is 0 Å². The molecule has 1 aliphatic carbocycles. The Hall–Kier alpha value is -0.400. The standard InChI is InChI=1S/C13H21N3O2S.2ClH/c1-9-8-19-13(15-9)12(10-3-4-10)16-11(17)7-14-5-6-18-2;;/h8,10,12,14H,3-7H2,1-2H3,(H,16,17);2*1H. The minimum Gasteiger partial charge on any atom is -0.383 e. The Morgan fingerprint density at radius 1 is 1.52 bits per heavy atom. The number of aryl methyl sites for hydroxylation is 1. The van der Waals surface area contributed by atoms with E-state index in [-0.39, 0.29) is 36.8 Å². The van der Waals surface area contributed by atoms with Crippen LogP contribution in [-0.4, -0.2) is 37.7 Å². The summed E-state index contributed by atoms with van der Waals surface area (Å²) in [5.41, 5.74) is 1.03. The molecule has 1 aromatic rings. The Morgan fingerprint density at radius 3 is 2.76 bits per heavy atom. The third-order valence-corrected chi connectivity index (χ3v) is 4.13. The van der Waals surface area contributed by atoms with E-state index < -0.39 is 0 Å². The van der Waals surface area contributed by atoms with Gasteiger partial charge in [0.05, 0.1) is 19.2 Å². The highest BCUT2D eigenvalue weighted by atomic mass is 35.5. The Morgan fingerprint density at radius 2 is 2.24 bits per heavy atom. The van der Waals surface area contributed by atoms with Gasteiger partial charge in [-0.1, -0.05) is 0 Å². The normalized spacial score (nSPS) is 14.8. The maximum absolute atomic E-state index is 11.9. The molecule has 0 saturated heterocycles. The Kier molecular flexibility index (Phi) is 10.1. The van der Waals surface area contributed by atoms with Crippen LogP contribution in [0.1, 0.15) is 29.6 Å². The molecule has 8 heteroatoms. The maximum Gasteiger partial charge on any atom is 0.234 e. The largest absolute Gasteiger partial charge is 0.383 e. The molecule has 0 aromatic carbocycles. The Labute approximate surface area is 142 Å². The number of thiazole rings is 1. The number of ether oxygens (including phenoxy) is 1. The van der Waals surface area contributed by atoms with Gasteiger partial charge in [0.25, 0.3) is 0 Å². The summed E-state index contributed by atoms with van der Waals surface area (Å²) in [5.74, 6) is 0.592. The summed E-state index contributed by atoms with van der Waals surface area (Å²) < 4.78 is 4.92. The zero-order chi connectivity index (χ0) is 13.7. The zero-order valence-electron chi connectivity index (χ0n) is 12.3. The number of halogens is 2. The molecular formula is C13H23Cl2N3O2S. The summed E-state index contributed by atoms with van der Waals surface area (Å²) in [7, 11) is 1.65. The average Bonchev–Trinajstić information content (AvgIpc) is 3.14. The van der Waals surface area contributed by atoms with Crippen LogP contribution in [0, 0.1) is 12.8 Å². The van der Waals surface area contributed by atoms with Crippen LogP contribution in [0.2, 0.25) is 0 Å². The molecule has 1 unspecified atom stereocenters. The van der Waals surface area contributed by atoms with Crippen molar-refractivity contribution in [2.24, 2.45) is 5.92 Å². The van der Waals surface area contributed by atoms with Crippen molar-refractivity contribution in [3.8, 4) is 0 Å². The molecule has 5 nitrogen and oxygen atoms in total. The first-order chi connectivity index (χ1) is 9.20. The van der Waals surface area contributed by atoms with E-state index in [1.54, 1.807) is 18.4 Å². The lowest BCUT2D eigenvalue weighted by Gasteiger charge is -2.16. The number of carbonyl (C=O) groups is 1. The van der Waals surface area contributed by atoms with E-state index in [1.165, 1.54) is 12.8 Å². The van der Waals surface area contributed by atoms with E-state index in [0.29, 0.717) is 25.6 Å². The van der Waals surface area contributed by atoms with Gasteiger partial charge in [-0.05, 0) is 25.7 Å². The van der Waals surface area contributed by atoms with E-state index in [0.717, 1.165) is 10.7 Å². The minimum absolute atomic E-state index is 0. The van der Waals surface area contributed by atoms with Gasteiger partial charge in [0.2, 0.25) is 5.91 Å². The summed E-state index contributed by atoms with van der Waals surface area (Å²) in [6, 6.07) is 0.0930. The predicted octanol–water partition coefficient (Wildman–Crippen LogP) is 2.10. The molecule has 122 valence electrons. The summed E-state index contributed by atoms with van der Waals surface area (Å²) in [4.78, 5) is 16.4. The first-order valence-corrected chi connectivity index (χ1v) is 7.49. The van der Waals surface area contributed by atoms with Crippen LogP contribution in [0.25, 0.3) is 0 Å². The molecule has 1 aromatic heterocycles. The van der Waals surface area contributed by atoms with Gasteiger partial charge >= 0.3 is 0 Å². The second-order valence-corrected chi connectivity index (χ2v) is 5.77. The van der Waals surface area contributed by atoms with Gasteiger partial charge in [0.15, 0.2) is 0 Å². The topological polar surface area (TPSA) is 63.2 Å². The van der Waals surface area contributed by atoms with Gasteiger partial charge in [-0.15, -0.1) is 36.2 Å². The number of aromatic nitrogens is 1. The SMILES string of the molecule is COCCNCC(=O)NC(c1nc(C)cs1)C1CC1.Cl.Cl. The first kappa shape index (κ1) is 20.6. The van der Waals surface area contributed by atoms with Crippen LogP contribution >= 0.6 is 36.2 Å². The molecule has 0 spiro atoms. The lowest BCUT2D eigenvalue weighted by Crippen LogP contribution is -2.38. The van der Waals surface area contributed by atoms with Crippen molar-refractivity contribution in [3.05, 3.63) is 16.1 Å². The molecule has 0 radical (unpaired) electrons. The van der Waals surface area contributed by atoms with Gasteiger partial charge < -0.3 is 15.4 Å². The fourth-order valence-corrected chi connectivity index (χ4v) is 2.87. The van der Waals surface area contributed by atoms with Gasteiger partial charge in [0.1, 0.15) is 5.01 Å². The van der Waals surface area contributed by atoms with E-state index in [1.807, 2.05) is 12.3 Å². The highest BCUT2D eigenvalue weighted by molar-refractivity contribution is 7.09. The predicted molar refractivity (Wildman–Crippen MR) is 89.7 cm³/mol. The van der Waals surface area contributed by atoms with Crippen LogP contribution in [0.15, 0.2) is 5.38 Å². The van der Waals surface area contributed by atoms with Crippen molar-refractivity contribution in [2.45, 2.75) is 25.8 Å². The lowest BCUT2D eigenvalue weighted by atomic mass is 10.2. The molecule has 0 aliphatic heterocycles. The molecule has 2 rings (SSSR count). The minimum atomic E-state index is 0. The van der Waals surface area contributed by atoms with Gasteiger partial charge in [-0.3, -0.25) is 4.79 Å². The smallest absolute Gasteiger partial charge is 0.234 e. The molecule has 1 fully saturated rings. The van der Waals surface area contributed by atoms with Crippen molar-refractivity contribution in [3.63, 3.8) is 0 Å². The van der Waals surface area contributed by atoms with Crippen molar-refractivity contribution >= 4 is 42.1 Å². The summed E-state index contributed by atoms with van der Waals surface area (Å²) in [6.07, 6.45) is 2.36. The molecule has 1 saturated carbocycles. The fourth-order valence-electron chi connectivity index (χ4n) is 1.93. The number of nitrogens with one attached hydrogen (secondary N) is 2. The lowest BCUT2D eigenvalue weighted by molar-refractivity contribution is -0.121. The number of hydrogen-bond acceptors (Lipinski definition) is 5. The quantitative estimate of drug-likeness (QED) is 0.701. The molecule has 21 heavy (non-hydrogen) atoms. The number of carbonyl (C=O) groups excluding carboxylic acids is 1. The van der Waals surface area contributed by atoms with Crippen LogP contribution in [0.5, 0.6) is 0 Å². The van der Waals surface area contributed by atoms with E-state index in [9.17, 15) is 4.79 Å². The fraction of sp³-hybridized carbons (Fsp3) is 0.692. The highest BCUT2D eigenvalue weighted by Gasteiger charge is 2.35. The third kappa shape index (κ3) is 6.93. The summed E-state index contributed by atoms with van der Waals surface area (Å²) >= 11 is 1.63. The monoisotopic (exact) mass is 355 g/mol. The molecule has 1 atom stereocenters. The number of amides is 1. The number of nitrogens with zero attached hydrogens (tertiary/aromatic N) is 1. The van der Waals surface area contributed by atoms with Crippen LogP contribution in [0.4, 0.5) is 0 Å². The molecular weight excluding hydrogens is 333 g/mol. The molecule has 1 heterocycles. The number of rotatable bonds is 8. The third-order valence-electron chi connectivity index (χ3n) is 3.08.